The molecule has 0 amide bonds. The first-order chi connectivity index (χ1) is 22.9. The number of hydrogen-bond donors (Lipinski definition) is 4. The van der Waals surface area contributed by atoms with Crippen LogP contribution in [0.25, 0.3) is 0 Å². The fourth-order valence-corrected chi connectivity index (χ4v) is 10.2. The summed E-state index contributed by atoms with van der Waals surface area (Å²) in [6.45, 7) is 20.1. The number of aliphatic hydroxyl groups is 1. The molecule has 0 bridgehead atoms. The Morgan fingerprint density at radius 3 is 1.52 bits per heavy atom. The Kier molecular flexibility index (Phi) is 16.6. The van der Waals surface area contributed by atoms with Crippen LogP contribution in [0.3, 0.4) is 0 Å². The molecule has 3 saturated carbocycles. The zero-order chi connectivity index (χ0) is 34.7. The van der Waals surface area contributed by atoms with Crippen molar-refractivity contribution in [3.63, 3.8) is 0 Å². The predicted molar refractivity (Wildman–Crippen MR) is 205 cm³/mol. The van der Waals surface area contributed by atoms with E-state index in [-0.39, 0.29) is 24.3 Å². The zero-order valence-electron chi connectivity index (χ0n) is 33.3. The van der Waals surface area contributed by atoms with Gasteiger partial charge in [-0.1, -0.05) is 113 Å². The Balaban J connectivity index is 1.43. The lowest BCUT2D eigenvalue weighted by Crippen LogP contribution is -2.73. The fraction of sp³-hybridized carbons (Fsp3) is 1.00. The summed E-state index contributed by atoms with van der Waals surface area (Å²) in [6.07, 6.45) is 27.5. The van der Waals surface area contributed by atoms with E-state index < -0.39 is 0 Å². The molecular weight excluding hydrogens is 590 g/mol. The highest BCUT2D eigenvalue weighted by molar-refractivity contribution is 4.99. The monoisotopic (exact) mass is 674 g/mol. The summed E-state index contributed by atoms with van der Waals surface area (Å²) in [5, 5.41) is 24.3. The average Bonchev–Trinajstić information content (AvgIpc) is 3.06. The molecule has 4 N–H and O–H groups in total. The molecule has 1 heterocycles. The van der Waals surface area contributed by atoms with E-state index in [0.29, 0.717) is 40.9 Å². The molecule has 1 saturated heterocycles. The molecule has 0 spiro atoms. The second-order valence-corrected chi connectivity index (χ2v) is 19.4. The molecule has 0 aromatic rings. The van der Waals surface area contributed by atoms with Gasteiger partial charge in [0.2, 0.25) is 0 Å². The largest absolute Gasteiger partial charge is 0.393 e. The van der Waals surface area contributed by atoms with Crippen LogP contribution in [-0.2, 0) is 4.74 Å². The summed E-state index contributed by atoms with van der Waals surface area (Å²) in [5.74, 6) is 3.78. The SMILES string of the molecule is CCCCCCCCOC1CC(O)C(C2NC(C3CCC(C(C)(C)C)CC3)NC(C3CCC(C(C)(C)C)CC3)N2)CC1CCCCCC. The Morgan fingerprint density at radius 2 is 1.02 bits per heavy atom. The summed E-state index contributed by atoms with van der Waals surface area (Å²) in [6, 6.07) is 0. The third-order valence-electron chi connectivity index (χ3n) is 13.8. The van der Waals surface area contributed by atoms with Crippen molar-refractivity contribution in [1.29, 1.82) is 0 Å². The second kappa shape index (κ2) is 19.6. The predicted octanol–water partition coefficient (Wildman–Crippen LogP) is 10.6. The van der Waals surface area contributed by atoms with Gasteiger partial charge < -0.3 is 9.84 Å². The van der Waals surface area contributed by atoms with E-state index in [1.807, 2.05) is 0 Å². The van der Waals surface area contributed by atoms with Crippen LogP contribution in [0.15, 0.2) is 0 Å². The quantitative estimate of drug-likeness (QED) is 0.123. The third kappa shape index (κ3) is 12.2. The number of hydrogen-bond acceptors (Lipinski definition) is 5. The van der Waals surface area contributed by atoms with Crippen LogP contribution in [0.1, 0.15) is 190 Å². The maximum absolute atomic E-state index is 11.9. The molecule has 0 aromatic carbocycles. The van der Waals surface area contributed by atoms with E-state index >= 15 is 0 Å². The van der Waals surface area contributed by atoms with Crippen molar-refractivity contribution >= 4 is 0 Å². The van der Waals surface area contributed by atoms with Crippen molar-refractivity contribution in [2.45, 2.75) is 221 Å². The van der Waals surface area contributed by atoms with Crippen LogP contribution < -0.4 is 16.0 Å². The van der Waals surface area contributed by atoms with Gasteiger partial charge in [-0.15, -0.1) is 0 Å². The third-order valence-corrected chi connectivity index (χ3v) is 13.8. The van der Waals surface area contributed by atoms with E-state index in [4.69, 9.17) is 4.74 Å². The Morgan fingerprint density at radius 1 is 0.562 bits per heavy atom. The van der Waals surface area contributed by atoms with Gasteiger partial charge in [0.1, 0.15) is 0 Å². The van der Waals surface area contributed by atoms with Crippen LogP contribution in [0, 0.1) is 46.3 Å². The van der Waals surface area contributed by atoms with Gasteiger partial charge in [-0.25, -0.2) is 0 Å². The molecule has 0 radical (unpaired) electrons. The van der Waals surface area contributed by atoms with Crippen molar-refractivity contribution < 1.29 is 9.84 Å². The average molecular weight is 674 g/mol. The van der Waals surface area contributed by atoms with Crippen LogP contribution in [-0.4, -0.2) is 42.4 Å². The first-order valence-corrected chi connectivity index (χ1v) is 21.5. The summed E-state index contributed by atoms with van der Waals surface area (Å²) in [5.41, 5.74) is 0.811. The van der Waals surface area contributed by atoms with Crippen LogP contribution in [0.2, 0.25) is 0 Å². The van der Waals surface area contributed by atoms with Gasteiger partial charge in [0, 0.05) is 18.9 Å². The lowest BCUT2D eigenvalue weighted by Gasteiger charge is -2.52. The molecule has 4 rings (SSSR count). The summed E-state index contributed by atoms with van der Waals surface area (Å²) in [4.78, 5) is 0. The normalized spacial score (nSPS) is 37.1. The van der Waals surface area contributed by atoms with Crippen LogP contribution in [0.5, 0.6) is 0 Å². The van der Waals surface area contributed by atoms with Crippen LogP contribution in [0.4, 0.5) is 0 Å². The molecule has 4 aliphatic rings. The van der Waals surface area contributed by atoms with Gasteiger partial charge in [-0.3, -0.25) is 16.0 Å². The highest BCUT2D eigenvalue weighted by atomic mass is 16.5. The molecule has 6 unspecified atom stereocenters. The highest BCUT2D eigenvalue weighted by Crippen LogP contribution is 2.44. The van der Waals surface area contributed by atoms with E-state index in [1.165, 1.54) is 116 Å². The second-order valence-electron chi connectivity index (χ2n) is 19.4. The number of rotatable bonds is 16. The van der Waals surface area contributed by atoms with Gasteiger partial charge in [0.15, 0.2) is 0 Å². The first-order valence-electron chi connectivity index (χ1n) is 21.5. The summed E-state index contributed by atoms with van der Waals surface area (Å²) >= 11 is 0. The van der Waals surface area contributed by atoms with Gasteiger partial charge in [0.05, 0.1) is 30.7 Å². The molecule has 1 aliphatic heterocycles. The van der Waals surface area contributed by atoms with Crippen LogP contribution >= 0.6 is 0 Å². The van der Waals surface area contributed by atoms with E-state index in [0.717, 1.165) is 37.7 Å². The number of ether oxygens (including phenoxy) is 1. The molecular formula is C43H83N3O2. The first kappa shape index (κ1) is 40.6. The standard InChI is InChI=1S/C43H83N3O2/c1-9-11-13-15-16-18-28-48-38-30-37(47)36(29-33(38)19-17-14-12-10-2)41-45-39(31-20-24-34(25-21-31)42(3,4)5)44-40(46-41)32-22-26-35(27-23-32)43(6,7)8/h31-41,44-47H,9-30H2,1-8H3. The number of aliphatic hydroxyl groups excluding tert-OH is 1. The Hall–Kier alpha value is -0.200. The van der Waals surface area contributed by atoms with Gasteiger partial charge in [0.25, 0.3) is 0 Å². The van der Waals surface area contributed by atoms with Crippen molar-refractivity contribution in [3.05, 3.63) is 0 Å². The minimum absolute atomic E-state index is 0.162. The number of nitrogens with one attached hydrogen (secondary N) is 3. The topological polar surface area (TPSA) is 65.5 Å². The van der Waals surface area contributed by atoms with Gasteiger partial charge in [-0.2, -0.15) is 0 Å². The maximum Gasteiger partial charge on any atom is 0.0649 e. The van der Waals surface area contributed by atoms with E-state index in [9.17, 15) is 5.11 Å². The van der Waals surface area contributed by atoms with Gasteiger partial charge >= 0.3 is 0 Å². The van der Waals surface area contributed by atoms with Crippen molar-refractivity contribution in [2.75, 3.05) is 6.61 Å². The molecule has 5 heteroatoms. The fourth-order valence-electron chi connectivity index (χ4n) is 10.2. The lowest BCUT2D eigenvalue weighted by atomic mass is 9.68. The molecule has 0 aromatic heterocycles. The molecule has 3 aliphatic carbocycles. The zero-order valence-corrected chi connectivity index (χ0v) is 33.3. The molecule has 48 heavy (non-hydrogen) atoms. The summed E-state index contributed by atoms with van der Waals surface area (Å²) in [7, 11) is 0. The Labute approximate surface area is 299 Å². The van der Waals surface area contributed by atoms with Crippen molar-refractivity contribution in [1.82, 2.24) is 16.0 Å². The van der Waals surface area contributed by atoms with E-state index in [2.05, 4.69) is 71.3 Å². The van der Waals surface area contributed by atoms with Crippen molar-refractivity contribution in [2.24, 2.45) is 46.3 Å². The molecule has 5 nitrogen and oxygen atoms in total. The number of unbranched alkanes of at least 4 members (excludes halogenated alkanes) is 8. The molecule has 4 fully saturated rings. The highest BCUT2D eigenvalue weighted by Gasteiger charge is 2.46. The molecule has 282 valence electrons. The smallest absolute Gasteiger partial charge is 0.0649 e. The maximum atomic E-state index is 11.9. The molecule has 6 atom stereocenters. The minimum atomic E-state index is -0.316. The lowest BCUT2D eigenvalue weighted by molar-refractivity contribution is -0.0933. The van der Waals surface area contributed by atoms with Gasteiger partial charge in [-0.05, 0) is 111 Å². The summed E-state index contributed by atoms with van der Waals surface area (Å²) < 4.78 is 6.66. The van der Waals surface area contributed by atoms with Crippen molar-refractivity contribution in [3.8, 4) is 0 Å². The van der Waals surface area contributed by atoms with E-state index in [1.54, 1.807) is 0 Å². The minimum Gasteiger partial charge on any atom is -0.393 e. The Bertz CT molecular complexity index is 824.